The number of alkyl carbamates (subject to hydrolysis) is 2. The standard InChI is InChI=1S/C44H56N8O7Si/c1-25(2)35(49-42(55)57-5)40(53)52-24-60(8,9)23-34(52)39-46-31-19-17-29-21-28(16-18-30(29)36(31)48-39)26-12-14-27(15-13-26)32-22-45-38(47-32)33-11-10-20-51(33)41(54)37(44(3,4)59-7)50-43(56)58-6/h12-19,21-22,25,33-35,37H,10-11,20,23-24H2,1-9H3,(H,45,47)(H,46,48)(H,49,55)(H,50,56)/t33-,34-,35-,37+/m0/s1. The molecule has 2 aliphatic rings. The molecule has 4 N–H and O–H groups in total. The molecule has 3 aromatic carbocycles. The Balaban J connectivity index is 1.09. The zero-order chi connectivity index (χ0) is 43.1. The number of nitrogens with one attached hydrogen (secondary N) is 4. The maximum Gasteiger partial charge on any atom is 0.407 e. The van der Waals surface area contributed by atoms with Crippen molar-refractivity contribution >= 4 is 53.9 Å². The van der Waals surface area contributed by atoms with Gasteiger partial charge < -0.3 is 44.6 Å². The van der Waals surface area contributed by atoms with E-state index < -0.39 is 37.9 Å². The van der Waals surface area contributed by atoms with Gasteiger partial charge >= 0.3 is 12.2 Å². The Bertz CT molecular complexity index is 2410. The summed E-state index contributed by atoms with van der Waals surface area (Å²) in [6, 6.07) is 17.5. The number of methoxy groups -OCH3 is 3. The molecular formula is C44H56N8O7Si. The third-order valence-corrected chi connectivity index (χ3v) is 14.8. The monoisotopic (exact) mass is 836 g/mol. The number of fused-ring (bicyclic) bond motifs is 3. The lowest BCUT2D eigenvalue weighted by Gasteiger charge is -2.36. The van der Waals surface area contributed by atoms with Crippen molar-refractivity contribution in [1.82, 2.24) is 40.4 Å². The molecule has 4 heterocycles. The number of aromatic amines is 2. The Morgan fingerprint density at radius 1 is 0.833 bits per heavy atom. The van der Waals surface area contributed by atoms with Gasteiger partial charge in [0, 0.05) is 25.2 Å². The number of imidazole rings is 2. The van der Waals surface area contributed by atoms with Gasteiger partial charge in [0.15, 0.2) is 0 Å². The highest BCUT2D eigenvalue weighted by atomic mass is 28.3. The summed E-state index contributed by atoms with van der Waals surface area (Å²) in [5, 5.41) is 7.52. The van der Waals surface area contributed by atoms with E-state index in [2.05, 4.69) is 82.2 Å². The normalized spacial score (nSPS) is 18.8. The molecule has 15 nitrogen and oxygen atoms in total. The molecule has 4 amide bonds. The first-order valence-electron chi connectivity index (χ1n) is 20.5. The van der Waals surface area contributed by atoms with Crippen molar-refractivity contribution in [3.63, 3.8) is 0 Å². The van der Waals surface area contributed by atoms with Crippen LogP contribution in [0.3, 0.4) is 0 Å². The SMILES string of the molecule is COC(=O)N[C@H](C(=O)N1C[Si](C)(C)C[C@H]1c1nc2ccc3cc(-c4ccc(-c5cnc([C@@H]6CCCN6C(=O)[C@@H](NC(=O)OC)C(C)(C)OC)[nH]5)cc4)ccc3c2[nH]1)C(C)C. The maximum atomic E-state index is 14.0. The van der Waals surface area contributed by atoms with Crippen LogP contribution < -0.4 is 10.6 Å². The number of carbonyl (C=O) groups excluding carboxylic acids is 4. The molecule has 2 fully saturated rings. The quantitative estimate of drug-likeness (QED) is 0.101. The lowest BCUT2D eigenvalue weighted by atomic mass is 9.96. The predicted molar refractivity (Wildman–Crippen MR) is 232 cm³/mol. The summed E-state index contributed by atoms with van der Waals surface area (Å²) in [5.74, 6) is 0.944. The summed E-state index contributed by atoms with van der Waals surface area (Å²) in [4.78, 5) is 72.7. The average molecular weight is 837 g/mol. The summed E-state index contributed by atoms with van der Waals surface area (Å²) in [6.07, 6.45) is 2.68. The number of rotatable bonds is 11. The second-order valence-corrected chi connectivity index (χ2v) is 22.6. The number of likely N-dealkylation sites (tertiary alicyclic amines) is 1. The molecule has 0 spiro atoms. The van der Waals surface area contributed by atoms with Gasteiger partial charge in [-0.1, -0.05) is 69.4 Å². The first kappa shape index (κ1) is 42.4. The number of carbonyl (C=O) groups is 4. The molecule has 0 unspecified atom stereocenters. The molecule has 16 heteroatoms. The van der Waals surface area contributed by atoms with Crippen LogP contribution in [0.2, 0.25) is 19.1 Å². The summed E-state index contributed by atoms with van der Waals surface area (Å²) in [7, 11) is 2.29. The highest BCUT2D eigenvalue weighted by Crippen LogP contribution is 2.40. The number of benzene rings is 3. The number of hydrogen-bond acceptors (Lipinski definition) is 9. The molecule has 318 valence electrons. The second-order valence-electron chi connectivity index (χ2n) is 17.6. The van der Waals surface area contributed by atoms with Gasteiger partial charge in [-0.25, -0.2) is 19.6 Å². The van der Waals surface area contributed by atoms with E-state index in [1.54, 1.807) is 24.9 Å². The van der Waals surface area contributed by atoms with Crippen LogP contribution >= 0.6 is 0 Å². The van der Waals surface area contributed by atoms with Crippen molar-refractivity contribution in [2.75, 3.05) is 34.0 Å². The fourth-order valence-electron chi connectivity index (χ4n) is 8.59. The van der Waals surface area contributed by atoms with Crippen molar-refractivity contribution < 1.29 is 33.4 Å². The van der Waals surface area contributed by atoms with Crippen LogP contribution in [0.15, 0.2) is 60.8 Å². The summed E-state index contributed by atoms with van der Waals surface area (Å²) in [6.45, 7) is 12.5. The number of hydrogen-bond donors (Lipinski definition) is 4. The molecule has 0 aliphatic carbocycles. The fourth-order valence-corrected chi connectivity index (χ4v) is 11.5. The van der Waals surface area contributed by atoms with Gasteiger partial charge in [0.05, 0.1) is 62.9 Å². The van der Waals surface area contributed by atoms with Gasteiger partial charge in [-0.15, -0.1) is 0 Å². The maximum absolute atomic E-state index is 14.0. The lowest BCUT2D eigenvalue weighted by molar-refractivity contribution is -0.142. The average Bonchev–Trinajstić information content (AvgIpc) is 4.06. The Hall–Kier alpha value is -5.74. The Morgan fingerprint density at radius 2 is 1.52 bits per heavy atom. The molecule has 2 saturated heterocycles. The molecule has 5 aromatic rings. The molecular weight excluding hydrogens is 781 g/mol. The fraction of sp³-hybridized carbons (Fsp3) is 0.455. The minimum absolute atomic E-state index is 0.119. The highest BCUT2D eigenvalue weighted by Gasteiger charge is 2.46. The minimum Gasteiger partial charge on any atom is -0.453 e. The van der Waals surface area contributed by atoms with Gasteiger partial charge in [0.25, 0.3) is 0 Å². The van der Waals surface area contributed by atoms with E-state index in [1.807, 2.05) is 24.8 Å². The minimum atomic E-state index is -1.78. The van der Waals surface area contributed by atoms with E-state index in [4.69, 9.17) is 24.2 Å². The van der Waals surface area contributed by atoms with Crippen LogP contribution in [-0.4, -0.2) is 114 Å². The van der Waals surface area contributed by atoms with Crippen molar-refractivity contribution in [3.8, 4) is 22.4 Å². The molecule has 2 aromatic heterocycles. The molecule has 0 saturated carbocycles. The number of H-pyrrole nitrogens is 2. The Kier molecular flexibility index (Phi) is 11.8. The first-order chi connectivity index (χ1) is 28.5. The molecule has 7 rings (SSSR count). The van der Waals surface area contributed by atoms with Crippen LogP contribution in [0.25, 0.3) is 44.2 Å². The Morgan fingerprint density at radius 3 is 2.20 bits per heavy atom. The lowest BCUT2D eigenvalue weighted by Crippen LogP contribution is -2.59. The molecule has 2 aliphatic heterocycles. The van der Waals surface area contributed by atoms with E-state index in [1.165, 1.54) is 21.3 Å². The van der Waals surface area contributed by atoms with Crippen LogP contribution in [-0.2, 0) is 23.8 Å². The van der Waals surface area contributed by atoms with Gasteiger partial charge in [0.1, 0.15) is 23.7 Å². The summed E-state index contributed by atoms with van der Waals surface area (Å²) >= 11 is 0. The van der Waals surface area contributed by atoms with E-state index in [9.17, 15) is 19.2 Å². The zero-order valence-electron chi connectivity index (χ0n) is 35.8. The van der Waals surface area contributed by atoms with Crippen molar-refractivity contribution in [1.29, 1.82) is 0 Å². The van der Waals surface area contributed by atoms with Gasteiger partial charge in [0.2, 0.25) is 11.8 Å². The molecule has 0 bridgehead atoms. The van der Waals surface area contributed by atoms with Crippen molar-refractivity contribution in [2.45, 2.75) is 89.4 Å². The van der Waals surface area contributed by atoms with Gasteiger partial charge in [-0.2, -0.15) is 0 Å². The first-order valence-corrected chi connectivity index (χ1v) is 23.9. The smallest absolute Gasteiger partial charge is 0.407 e. The number of ether oxygens (including phenoxy) is 3. The van der Waals surface area contributed by atoms with Gasteiger partial charge in [-0.05, 0) is 72.9 Å². The van der Waals surface area contributed by atoms with Crippen LogP contribution in [0.1, 0.15) is 64.3 Å². The van der Waals surface area contributed by atoms with E-state index in [0.29, 0.717) is 18.5 Å². The summed E-state index contributed by atoms with van der Waals surface area (Å²) < 4.78 is 15.2. The van der Waals surface area contributed by atoms with E-state index in [0.717, 1.165) is 68.9 Å². The number of amides is 4. The highest BCUT2D eigenvalue weighted by molar-refractivity contribution is 6.78. The van der Waals surface area contributed by atoms with Gasteiger partial charge in [-0.3, -0.25) is 9.59 Å². The van der Waals surface area contributed by atoms with Crippen LogP contribution in [0.4, 0.5) is 9.59 Å². The topological polar surface area (TPSA) is 184 Å². The third-order valence-electron chi connectivity index (χ3n) is 12.1. The Labute approximate surface area is 351 Å². The van der Waals surface area contributed by atoms with Crippen LogP contribution in [0, 0.1) is 5.92 Å². The van der Waals surface area contributed by atoms with Crippen LogP contribution in [0.5, 0.6) is 0 Å². The second kappa shape index (κ2) is 16.7. The van der Waals surface area contributed by atoms with E-state index >= 15 is 0 Å². The van der Waals surface area contributed by atoms with Crippen molar-refractivity contribution in [2.24, 2.45) is 5.92 Å². The summed E-state index contributed by atoms with van der Waals surface area (Å²) in [5.41, 5.74) is 4.69. The van der Waals surface area contributed by atoms with Crippen molar-refractivity contribution in [3.05, 3.63) is 72.4 Å². The largest absolute Gasteiger partial charge is 0.453 e. The zero-order valence-corrected chi connectivity index (χ0v) is 36.8. The number of aromatic nitrogens is 4. The van der Waals surface area contributed by atoms with E-state index in [-0.39, 0.29) is 29.8 Å². The number of nitrogens with zero attached hydrogens (tertiary/aromatic N) is 4. The molecule has 0 radical (unpaired) electrons. The third kappa shape index (κ3) is 8.35. The molecule has 60 heavy (non-hydrogen) atoms. The predicted octanol–water partition coefficient (Wildman–Crippen LogP) is 7.10. The molecule has 4 atom stereocenters.